The van der Waals surface area contributed by atoms with Crippen molar-refractivity contribution in [3.05, 3.63) is 42.0 Å². The fourth-order valence-corrected chi connectivity index (χ4v) is 5.66. The lowest BCUT2D eigenvalue weighted by atomic mass is 9.82. The summed E-state index contributed by atoms with van der Waals surface area (Å²) < 4.78 is 76.2. The van der Waals surface area contributed by atoms with E-state index in [1.165, 1.54) is 11.4 Å². The Morgan fingerprint density at radius 1 is 1.06 bits per heavy atom. The lowest BCUT2D eigenvalue weighted by molar-refractivity contribution is -0.137. The van der Waals surface area contributed by atoms with Gasteiger partial charge in [0.1, 0.15) is 0 Å². The zero-order chi connectivity index (χ0) is 24.6. The molecule has 2 aliphatic rings. The Labute approximate surface area is 200 Å². The minimum atomic E-state index is -4.49. The van der Waals surface area contributed by atoms with E-state index >= 15 is 0 Å². The van der Waals surface area contributed by atoms with Gasteiger partial charge in [0.15, 0.2) is 0 Å². The molecule has 1 saturated carbocycles. The topological polar surface area (TPSA) is 59.1 Å². The van der Waals surface area contributed by atoms with Gasteiger partial charge in [-0.1, -0.05) is 12.2 Å². The van der Waals surface area contributed by atoms with Gasteiger partial charge in [0.2, 0.25) is 10.0 Å². The molecule has 0 spiro atoms. The van der Waals surface area contributed by atoms with Gasteiger partial charge in [0.25, 0.3) is 0 Å². The van der Waals surface area contributed by atoms with Crippen molar-refractivity contribution in [3.8, 4) is 0 Å². The van der Waals surface area contributed by atoms with Crippen LogP contribution in [0.5, 0.6) is 0 Å². The molecule has 0 unspecified atom stereocenters. The fourth-order valence-electron chi connectivity index (χ4n) is 4.42. The molecule has 0 amide bonds. The van der Waals surface area contributed by atoms with Crippen molar-refractivity contribution in [2.24, 2.45) is 11.8 Å². The highest BCUT2D eigenvalue weighted by atomic mass is 32.2. The summed E-state index contributed by atoms with van der Waals surface area (Å²) in [6.07, 6.45) is 3.49. The molecule has 0 aromatic heterocycles. The lowest BCUT2D eigenvalue weighted by Crippen LogP contribution is -2.36. The number of hydrogen-bond donors (Lipinski definition) is 0. The van der Waals surface area contributed by atoms with Crippen LogP contribution in [0.15, 0.2) is 41.3 Å². The number of sulfonamides is 1. The van der Waals surface area contributed by atoms with E-state index in [4.69, 9.17) is 9.47 Å². The molecule has 192 valence electrons. The summed E-state index contributed by atoms with van der Waals surface area (Å²) in [7, 11) is -2.33. The minimum Gasteiger partial charge on any atom is -0.379 e. The first-order chi connectivity index (χ1) is 16.2. The van der Waals surface area contributed by atoms with Gasteiger partial charge in [0.05, 0.1) is 30.3 Å². The number of morpholine rings is 1. The summed E-state index contributed by atoms with van der Waals surface area (Å²) in [5.41, 5.74) is -0.859. The second-order valence-electron chi connectivity index (χ2n) is 9.12. The summed E-state index contributed by atoms with van der Waals surface area (Å²) in [5.74, 6) is 0.708. The average Bonchev–Trinajstić information content (AvgIpc) is 2.82. The Morgan fingerprint density at radius 3 is 2.29 bits per heavy atom. The average molecular weight is 505 g/mol. The van der Waals surface area contributed by atoms with E-state index in [1.54, 1.807) is 0 Å². The maximum atomic E-state index is 12.8. The molecular weight excluding hydrogens is 469 g/mol. The number of halogens is 3. The molecule has 10 heteroatoms. The number of benzene rings is 1. The van der Waals surface area contributed by atoms with E-state index in [0.717, 1.165) is 82.8 Å². The van der Waals surface area contributed by atoms with Gasteiger partial charge in [-0.15, -0.1) is 0 Å². The van der Waals surface area contributed by atoms with Crippen molar-refractivity contribution in [1.82, 2.24) is 9.21 Å². The van der Waals surface area contributed by atoms with Gasteiger partial charge >= 0.3 is 6.18 Å². The van der Waals surface area contributed by atoms with E-state index in [2.05, 4.69) is 17.1 Å². The molecule has 1 saturated heterocycles. The summed E-state index contributed by atoms with van der Waals surface area (Å²) in [6.45, 7) is 6.10. The Balaban J connectivity index is 1.35. The lowest BCUT2D eigenvalue weighted by Gasteiger charge is -2.31. The molecular formula is C24H35F3N2O4S. The SMILES string of the molecule is CN(C[C@H]1CC[C@H](COC/C=C/CN2CCOCC2)CC1)S(=O)(=O)c1ccc(C(F)(F)F)cc1. The monoisotopic (exact) mass is 504 g/mol. The quantitative estimate of drug-likeness (QED) is 0.356. The molecule has 1 aromatic carbocycles. The first-order valence-electron chi connectivity index (χ1n) is 11.8. The fraction of sp³-hybridized carbons (Fsp3) is 0.667. The molecule has 0 radical (unpaired) electrons. The highest BCUT2D eigenvalue weighted by Gasteiger charge is 2.32. The summed E-state index contributed by atoms with van der Waals surface area (Å²) in [4.78, 5) is 2.22. The Hall–Kier alpha value is -1.46. The van der Waals surface area contributed by atoms with Crippen molar-refractivity contribution in [1.29, 1.82) is 0 Å². The van der Waals surface area contributed by atoms with E-state index < -0.39 is 21.8 Å². The Bertz CT molecular complexity index is 876. The first kappa shape index (κ1) is 27.1. The van der Waals surface area contributed by atoms with Crippen LogP contribution in [0.2, 0.25) is 0 Å². The molecule has 34 heavy (non-hydrogen) atoms. The third kappa shape index (κ3) is 8.05. The molecule has 3 rings (SSSR count). The van der Waals surface area contributed by atoms with Crippen molar-refractivity contribution in [2.45, 2.75) is 36.8 Å². The van der Waals surface area contributed by atoms with Gasteiger partial charge in [-0.25, -0.2) is 12.7 Å². The summed E-state index contributed by atoms with van der Waals surface area (Å²) in [5, 5.41) is 0. The predicted molar refractivity (Wildman–Crippen MR) is 124 cm³/mol. The van der Waals surface area contributed by atoms with Crippen LogP contribution in [0.1, 0.15) is 31.2 Å². The molecule has 1 aliphatic carbocycles. The smallest absolute Gasteiger partial charge is 0.379 e. The third-order valence-electron chi connectivity index (χ3n) is 6.57. The van der Waals surface area contributed by atoms with Gasteiger partial charge in [-0.3, -0.25) is 4.90 Å². The predicted octanol–water partition coefficient (Wildman–Crippen LogP) is 4.04. The maximum absolute atomic E-state index is 12.8. The van der Waals surface area contributed by atoms with Crippen LogP contribution in [0.3, 0.4) is 0 Å². The van der Waals surface area contributed by atoms with Crippen LogP contribution < -0.4 is 0 Å². The molecule has 1 aromatic rings. The number of rotatable bonds is 10. The van der Waals surface area contributed by atoms with Gasteiger partial charge < -0.3 is 9.47 Å². The highest BCUT2D eigenvalue weighted by Crippen LogP contribution is 2.32. The maximum Gasteiger partial charge on any atom is 0.416 e. The molecule has 2 fully saturated rings. The Kier molecular flexibility index (Phi) is 9.96. The van der Waals surface area contributed by atoms with Crippen LogP contribution >= 0.6 is 0 Å². The van der Waals surface area contributed by atoms with Crippen LogP contribution in [-0.2, 0) is 25.7 Å². The van der Waals surface area contributed by atoms with Crippen molar-refractivity contribution in [3.63, 3.8) is 0 Å². The van der Waals surface area contributed by atoms with Crippen molar-refractivity contribution in [2.75, 3.05) is 59.7 Å². The molecule has 1 aliphatic heterocycles. The molecule has 6 nitrogen and oxygen atoms in total. The highest BCUT2D eigenvalue weighted by molar-refractivity contribution is 7.89. The van der Waals surface area contributed by atoms with Crippen LogP contribution in [0.4, 0.5) is 13.2 Å². The zero-order valence-electron chi connectivity index (χ0n) is 19.7. The summed E-state index contributed by atoms with van der Waals surface area (Å²) in [6, 6.07) is 3.67. The standard InChI is InChI=1S/C24H35F3N2O4S/c1-28(34(30,31)23-10-8-22(9-11-23)24(25,26)27)18-20-4-6-21(7-5-20)19-33-15-3-2-12-29-13-16-32-17-14-29/h2-3,8-11,20-21H,4-7,12-19H2,1H3/b3-2+/t20-,21-. The normalized spacial score (nSPS) is 23.1. The van der Waals surface area contributed by atoms with Crippen LogP contribution in [0, 0.1) is 11.8 Å². The first-order valence-corrected chi connectivity index (χ1v) is 13.3. The largest absolute Gasteiger partial charge is 0.416 e. The van der Waals surface area contributed by atoms with Gasteiger partial charge in [0, 0.05) is 39.8 Å². The molecule has 0 atom stereocenters. The van der Waals surface area contributed by atoms with Crippen molar-refractivity contribution >= 4 is 10.0 Å². The van der Waals surface area contributed by atoms with E-state index in [-0.39, 0.29) is 10.8 Å². The molecule has 0 N–H and O–H groups in total. The Morgan fingerprint density at radius 2 is 1.68 bits per heavy atom. The van der Waals surface area contributed by atoms with E-state index in [0.29, 0.717) is 25.7 Å². The number of ether oxygens (including phenoxy) is 2. The van der Waals surface area contributed by atoms with Gasteiger partial charge in [-0.05, 0) is 61.8 Å². The van der Waals surface area contributed by atoms with E-state index in [1.807, 2.05) is 0 Å². The van der Waals surface area contributed by atoms with E-state index in [9.17, 15) is 21.6 Å². The van der Waals surface area contributed by atoms with Crippen molar-refractivity contribution < 1.29 is 31.1 Å². The van der Waals surface area contributed by atoms with Crippen LogP contribution in [-0.4, -0.2) is 77.3 Å². The number of nitrogens with zero attached hydrogens (tertiary/aromatic N) is 2. The zero-order valence-corrected chi connectivity index (χ0v) is 20.5. The van der Waals surface area contributed by atoms with Crippen LogP contribution in [0.25, 0.3) is 0 Å². The number of hydrogen-bond acceptors (Lipinski definition) is 5. The van der Waals surface area contributed by atoms with Gasteiger partial charge in [-0.2, -0.15) is 13.2 Å². The summed E-state index contributed by atoms with van der Waals surface area (Å²) >= 11 is 0. The molecule has 0 bridgehead atoms. The molecule has 1 heterocycles. The minimum absolute atomic E-state index is 0.119. The third-order valence-corrected chi connectivity index (χ3v) is 8.41. The second kappa shape index (κ2) is 12.5. The second-order valence-corrected chi connectivity index (χ2v) is 11.2. The number of alkyl halides is 3.